The summed E-state index contributed by atoms with van der Waals surface area (Å²) < 4.78 is 0. The Balaban J connectivity index is 1.44. The minimum Gasteiger partial charge on any atom is -0.505 e. The second-order valence-corrected chi connectivity index (χ2v) is 8.74. The smallest absolute Gasteiger partial charge is 0.145 e. The monoisotopic (exact) mass is 348 g/mol. The number of hydrogen-bond acceptors (Lipinski definition) is 3. The number of hydrogen-bond donors (Lipinski definition) is 3. The molecular formula is C20H33N2OP. The van der Waals surface area contributed by atoms with E-state index in [1.807, 2.05) is 12.1 Å². The predicted molar refractivity (Wildman–Crippen MR) is 106 cm³/mol. The molecule has 3 nitrogen and oxygen atoms in total. The van der Waals surface area contributed by atoms with Crippen LogP contribution in [0.2, 0.25) is 0 Å². The van der Waals surface area contributed by atoms with E-state index in [0.29, 0.717) is 11.7 Å². The molecular weight excluding hydrogens is 315 g/mol. The number of rotatable bonds is 4. The first-order chi connectivity index (χ1) is 11.5. The fraction of sp³-hybridized carbons (Fsp3) is 0.700. The second kappa shape index (κ2) is 8.06. The summed E-state index contributed by atoms with van der Waals surface area (Å²) in [5.74, 6) is 2.96. The van der Waals surface area contributed by atoms with E-state index in [1.54, 1.807) is 0 Å². The van der Waals surface area contributed by atoms with Gasteiger partial charge in [-0.05, 0) is 86.8 Å². The first-order valence-corrected chi connectivity index (χ1v) is 10.2. The van der Waals surface area contributed by atoms with E-state index in [4.69, 9.17) is 11.5 Å². The van der Waals surface area contributed by atoms with Crippen molar-refractivity contribution in [3.05, 3.63) is 17.7 Å². The molecule has 3 rings (SSSR count). The lowest BCUT2D eigenvalue weighted by molar-refractivity contribution is 0.157. The molecule has 0 spiro atoms. The Morgan fingerprint density at radius 3 is 2.12 bits per heavy atom. The van der Waals surface area contributed by atoms with Crippen molar-refractivity contribution in [1.29, 1.82) is 0 Å². The van der Waals surface area contributed by atoms with Crippen molar-refractivity contribution in [2.75, 3.05) is 5.73 Å². The van der Waals surface area contributed by atoms with Crippen LogP contribution < -0.4 is 16.8 Å². The van der Waals surface area contributed by atoms with Crippen LogP contribution in [0, 0.1) is 17.8 Å². The molecule has 0 saturated heterocycles. The van der Waals surface area contributed by atoms with Gasteiger partial charge in [0.25, 0.3) is 0 Å². The fourth-order valence-electron chi connectivity index (χ4n) is 4.82. The van der Waals surface area contributed by atoms with Gasteiger partial charge in [-0.15, -0.1) is 9.24 Å². The summed E-state index contributed by atoms with van der Waals surface area (Å²) in [4.78, 5) is 0. The van der Waals surface area contributed by atoms with E-state index >= 15 is 0 Å². The molecule has 0 bridgehead atoms. The number of benzene rings is 1. The summed E-state index contributed by atoms with van der Waals surface area (Å²) >= 11 is 0. The quantitative estimate of drug-likeness (QED) is 0.441. The second-order valence-electron chi connectivity index (χ2n) is 8.12. The topological polar surface area (TPSA) is 72.3 Å². The van der Waals surface area contributed by atoms with Crippen molar-refractivity contribution in [2.24, 2.45) is 23.5 Å². The van der Waals surface area contributed by atoms with Gasteiger partial charge in [-0.2, -0.15) is 0 Å². The highest BCUT2D eigenvalue weighted by molar-refractivity contribution is 7.27. The van der Waals surface area contributed by atoms with E-state index in [2.05, 4.69) is 9.24 Å². The molecule has 2 aliphatic rings. The standard InChI is InChI=1S/C20H33N2OP/c21-17-9-7-16(8-10-17)15-5-3-13(4-6-15)1-2-14-11-18(22)20(23)19(24)12-14/h11-13,15-17,23H,1-10,21-22,24H2. The van der Waals surface area contributed by atoms with Crippen LogP contribution in [-0.2, 0) is 6.42 Å². The number of phenolic OH excluding ortho intramolecular Hbond substituents is 1. The summed E-state index contributed by atoms with van der Waals surface area (Å²) in [5.41, 5.74) is 13.7. The van der Waals surface area contributed by atoms with Gasteiger partial charge < -0.3 is 16.6 Å². The summed E-state index contributed by atoms with van der Waals surface area (Å²) in [5, 5.41) is 10.6. The molecule has 0 amide bonds. The predicted octanol–water partition coefficient (Wildman–Crippen LogP) is 3.73. The van der Waals surface area contributed by atoms with Crippen LogP contribution in [-0.4, -0.2) is 11.1 Å². The Morgan fingerprint density at radius 1 is 0.958 bits per heavy atom. The lowest BCUT2D eigenvalue weighted by atomic mass is 9.69. The van der Waals surface area contributed by atoms with Gasteiger partial charge in [0.15, 0.2) is 0 Å². The van der Waals surface area contributed by atoms with Crippen LogP contribution in [0.4, 0.5) is 5.69 Å². The maximum Gasteiger partial charge on any atom is 0.145 e. The van der Waals surface area contributed by atoms with Gasteiger partial charge in [-0.3, -0.25) is 0 Å². The Kier molecular flexibility index (Phi) is 6.05. The zero-order valence-corrected chi connectivity index (χ0v) is 15.9. The third-order valence-corrected chi connectivity index (χ3v) is 6.88. The molecule has 0 aliphatic heterocycles. The maximum atomic E-state index is 9.76. The molecule has 0 aromatic heterocycles. The number of aryl methyl sites for hydroxylation is 1. The van der Waals surface area contributed by atoms with Gasteiger partial charge in [0.1, 0.15) is 5.75 Å². The van der Waals surface area contributed by atoms with E-state index in [-0.39, 0.29) is 5.75 Å². The van der Waals surface area contributed by atoms with Crippen LogP contribution in [0.3, 0.4) is 0 Å². The molecule has 134 valence electrons. The average molecular weight is 348 g/mol. The van der Waals surface area contributed by atoms with Crippen LogP contribution in [0.15, 0.2) is 12.1 Å². The molecule has 0 heterocycles. The molecule has 1 atom stereocenters. The molecule has 5 N–H and O–H groups in total. The third-order valence-electron chi connectivity index (χ3n) is 6.44. The fourth-order valence-corrected chi connectivity index (χ4v) is 5.21. The summed E-state index contributed by atoms with van der Waals surface area (Å²) in [6, 6.07) is 4.45. The first kappa shape index (κ1) is 18.0. The number of nitrogens with two attached hydrogens (primary N) is 2. The third kappa shape index (κ3) is 4.43. The normalized spacial score (nSPS) is 31.1. The zero-order chi connectivity index (χ0) is 17.1. The number of anilines is 1. The lowest BCUT2D eigenvalue weighted by Gasteiger charge is -2.37. The molecule has 0 radical (unpaired) electrons. The highest BCUT2D eigenvalue weighted by Crippen LogP contribution is 2.40. The van der Waals surface area contributed by atoms with Crippen molar-refractivity contribution < 1.29 is 5.11 Å². The molecule has 4 heteroatoms. The molecule has 2 saturated carbocycles. The molecule has 24 heavy (non-hydrogen) atoms. The average Bonchev–Trinajstić information content (AvgIpc) is 2.59. The van der Waals surface area contributed by atoms with Gasteiger partial charge >= 0.3 is 0 Å². The Bertz CT molecular complexity index is 524. The summed E-state index contributed by atoms with van der Waals surface area (Å²) in [7, 11) is 2.57. The zero-order valence-electron chi connectivity index (χ0n) is 14.7. The highest BCUT2D eigenvalue weighted by Gasteiger charge is 2.29. The van der Waals surface area contributed by atoms with E-state index < -0.39 is 0 Å². The van der Waals surface area contributed by atoms with Crippen LogP contribution >= 0.6 is 9.24 Å². The molecule has 1 unspecified atom stereocenters. The molecule has 1 aromatic rings. The number of aromatic hydroxyl groups is 1. The maximum absolute atomic E-state index is 9.76. The van der Waals surface area contributed by atoms with Crippen LogP contribution in [0.25, 0.3) is 0 Å². The van der Waals surface area contributed by atoms with Gasteiger partial charge in [0.05, 0.1) is 5.69 Å². The van der Waals surface area contributed by atoms with Crippen LogP contribution in [0.5, 0.6) is 5.75 Å². The molecule has 2 fully saturated rings. The minimum absolute atomic E-state index is 0.205. The lowest BCUT2D eigenvalue weighted by Crippen LogP contribution is -2.31. The number of nitrogen functional groups attached to an aromatic ring is 1. The van der Waals surface area contributed by atoms with Gasteiger partial charge in [-0.1, -0.05) is 12.8 Å². The Hall–Kier alpha value is -0.790. The van der Waals surface area contributed by atoms with E-state index in [9.17, 15) is 5.11 Å². The SMILES string of the molecule is Nc1cc(CCC2CCC(C3CCC(N)CC3)CC2)cc(P)c1O. The first-order valence-electron chi connectivity index (χ1n) is 9.65. The number of phenols is 1. The largest absolute Gasteiger partial charge is 0.505 e. The van der Waals surface area contributed by atoms with Crippen molar-refractivity contribution in [2.45, 2.75) is 70.3 Å². The molecule has 2 aliphatic carbocycles. The van der Waals surface area contributed by atoms with E-state index in [0.717, 1.165) is 29.5 Å². The molecule has 1 aromatic carbocycles. The van der Waals surface area contributed by atoms with Gasteiger partial charge in [-0.25, -0.2) is 0 Å². The highest BCUT2D eigenvalue weighted by atomic mass is 31.0. The van der Waals surface area contributed by atoms with Crippen LogP contribution in [0.1, 0.15) is 63.4 Å². The van der Waals surface area contributed by atoms with Gasteiger partial charge in [0, 0.05) is 11.3 Å². The van der Waals surface area contributed by atoms with Crippen molar-refractivity contribution in [3.8, 4) is 5.75 Å². The van der Waals surface area contributed by atoms with Gasteiger partial charge in [0.2, 0.25) is 0 Å². The minimum atomic E-state index is 0.205. The van der Waals surface area contributed by atoms with Crippen molar-refractivity contribution in [3.63, 3.8) is 0 Å². The summed E-state index contributed by atoms with van der Waals surface area (Å²) in [6.45, 7) is 0. The summed E-state index contributed by atoms with van der Waals surface area (Å²) in [6.07, 6.45) is 13.1. The van der Waals surface area contributed by atoms with Crippen molar-refractivity contribution in [1.82, 2.24) is 0 Å². The van der Waals surface area contributed by atoms with E-state index in [1.165, 1.54) is 63.4 Å². The Morgan fingerprint density at radius 2 is 1.54 bits per heavy atom. The Labute approximate surface area is 148 Å². The van der Waals surface area contributed by atoms with Crippen molar-refractivity contribution >= 4 is 20.2 Å².